The number of rotatable bonds is 9. The van der Waals surface area contributed by atoms with Crippen LogP contribution in [0.15, 0.2) is 42.0 Å². The second-order valence-corrected chi connectivity index (χ2v) is 6.51. The van der Waals surface area contributed by atoms with Crippen molar-refractivity contribution in [2.75, 3.05) is 19.8 Å². The average molecular weight is 423 g/mol. The Morgan fingerprint density at radius 3 is 2.32 bits per heavy atom. The number of ether oxygens (including phenoxy) is 4. The number of nitrogens with zero attached hydrogens (tertiary/aromatic N) is 1. The summed E-state index contributed by atoms with van der Waals surface area (Å²) in [5.74, 6) is -0.132. The molecule has 0 saturated heterocycles. The van der Waals surface area contributed by atoms with Crippen LogP contribution in [0.1, 0.15) is 30.5 Å². The van der Waals surface area contributed by atoms with Gasteiger partial charge in [-0.1, -0.05) is 24.3 Å². The molecular formula is C24H25NO6. The van der Waals surface area contributed by atoms with E-state index in [1.165, 1.54) is 12.1 Å². The van der Waals surface area contributed by atoms with Gasteiger partial charge in [-0.3, -0.25) is 0 Å². The Balaban J connectivity index is 2.16. The molecule has 0 atom stereocenters. The van der Waals surface area contributed by atoms with Crippen molar-refractivity contribution >= 4 is 18.0 Å². The summed E-state index contributed by atoms with van der Waals surface area (Å²) in [5, 5.41) is 9.19. The molecule has 2 aromatic carbocycles. The van der Waals surface area contributed by atoms with Crippen LogP contribution in [0, 0.1) is 25.2 Å². The molecule has 0 unspecified atom stereocenters. The van der Waals surface area contributed by atoms with E-state index in [4.69, 9.17) is 18.9 Å². The normalized spacial score (nSPS) is 10.7. The van der Waals surface area contributed by atoms with Crippen LogP contribution in [0.5, 0.6) is 17.2 Å². The smallest absolute Gasteiger partial charge is 0.349 e. The maximum Gasteiger partial charge on any atom is 0.349 e. The summed E-state index contributed by atoms with van der Waals surface area (Å²) in [5.41, 5.74) is 2.23. The van der Waals surface area contributed by atoms with Gasteiger partial charge in [-0.05, 0) is 62.6 Å². The zero-order valence-corrected chi connectivity index (χ0v) is 18.1. The van der Waals surface area contributed by atoms with Crippen LogP contribution in [0.3, 0.4) is 0 Å². The van der Waals surface area contributed by atoms with Gasteiger partial charge in [0.1, 0.15) is 17.4 Å². The zero-order valence-electron chi connectivity index (χ0n) is 18.1. The lowest BCUT2D eigenvalue weighted by atomic mass is 10.1. The molecule has 0 heterocycles. The SMILES string of the molecule is CCOC(=O)/C(C#N)=C/c1ccc(OC(=O)COc2c(C)cccc2C)c(OCC)c1. The third-order valence-electron chi connectivity index (χ3n) is 4.16. The van der Waals surface area contributed by atoms with E-state index in [0.717, 1.165) is 11.1 Å². The van der Waals surface area contributed by atoms with Gasteiger partial charge in [-0.2, -0.15) is 5.26 Å². The number of esters is 2. The molecule has 0 spiro atoms. The fraction of sp³-hybridized carbons (Fsp3) is 0.292. The van der Waals surface area contributed by atoms with Gasteiger partial charge in [0.2, 0.25) is 0 Å². The van der Waals surface area contributed by atoms with E-state index in [9.17, 15) is 14.9 Å². The van der Waals surface area contributed by atoms with Crippen molar-refractivity contribution in [3.05, 3.63) is 58.7 Å². The number of carbonyl (C=O) groups is 2. The van der Waals surface area contributed by atoms with Crippen molar-refractivity contribution in [1.29, 1.82) is 5.26 Å². The molecule has 0 saturated carbocycles. The number of nitriles is 1. The third-order valence-corrected chi connectivity index (χ3v) is 4.16. The molecule has 0 amide bonds. The molecule has 31 heavy (non-hydrogen) atoms. The van der Waals surface area contributed by atoms with Crippen molar-refractivity contribution in [2.45, 2.75) is 27.7 Å². The first-order chi connectivity index (χ1) is 14.9. The molecule has 0 fully saturated rings. The highest BCUT2D eigenvalue weighted by molar-refractivity contribution is 5.98. The third kappa shape index (κ3) is 6.61. The van der Waals surface area contributed by atoms with Crippen LogP contribution in [0.2, 0.25) is 0 Å². The quantitative estimate of drug-likeness (QED) is 0.259. The lowest BCUT2D eigenvalue weighted by Crippen LogP contribution is -2.18. The molecule has 0 bridgehead atoms. The molecule has 7 heteroatoms. The van der Waals surface area contributed by atoms with Crippen LogP contribution >= 0.6 is 0 Å². The minimum absolute atomic E-state index is 0.143. The summed E-state index contributed by atoms with van der Waals surface area (Å²) < 4.78 is 21.4. The first-order valence-electron chi connectivity index (χ1n) is 9.85. The molecule has 0 radical (unpaired) electrons. The molecule has 162 valence electrons. The van der Waals surface area contributed by atoms with E-state index in [1.807, 2.05) is 38.1 Å². The highest BCUT2D eigenvalue weighted by atomic mass is 16.6. The Labute approximate surface area is 181 Å². The van der Waals surface area contributed by atoms with E-state index < -0.39 is 11.9 Å². The first-order valence-corrected chi connectivity index (χ1v) is 9.85. The summed E-state index contributed by atoms with van der Waals surface area (Å²) in [6.07, 6.45) is 1.39. The fourth-order valence-corrected chi connectivity index (χ4v) is 2.79. The van der Waals surface area contributed by atoms with Gasteiger partial charge in [0, 0.05) is 0 Å². The molecule has 0 aromatic heterocycles. The van der Waals surface area contributed by atoms with E-state index in [2.05, 4.69) is 0 Å². The average Bonchev–Trinajstić information content (AvgIpc) is 2.73. The van der Waals surface area contributed by atoms with E-state index in [1.54, 1.807) is 26.0 Å². The second-order valence-electron chi connectivity index (χ2n) is 6.51. The number of hydrogen-bond acceptors (Lipinski definition) is 7. The van der Waals surface area contributed by atoms with Gasteiger partial charge in [-0.25, -0.2) is 9.59 Å². The summed E-state index contributed by atoms with van der Waals surface area (Å²) in [7, 11) is 0. The topological polar surface area (TPSA) is 94.9 Å². The Hall–Kier alpha value is -3.79. The van der Waals surface area contributed by atoms with Crippen LogP contribution in [0.25, 0.3) is 6.08 Å². The maximum absolute atomic E-state index is 12.3. The number of aryl methyl sites for hydroxylation is 2. The summed E-state index contributed by atoms with van der Waals surface area (Å²) >= 11 is 0. The highest BCUT2D eigenvalue weighted by Crippen LogP contribution is 2.30. The van der Waals surface area contributed by atoms with Gasteiger partial charge < -0.3 is 18.9 Å². The number of carbonyl (C=O) groups excluding carboxylic acids is 2. The Morgan fingerprint density at radius 1 is 1.00 bits per heavy atom. The highest BCUT2D eigenvalue weighted by Gasteiger charge is 2.15. The maximum atomic E-state index is 12.3. The van der Waals surface area contributed by atoms with Crippen molar-refractivity contribution in [1.82, 2.24) is 0 Å². The fourth-order valence-electron chi connectivity index (χ4n) is 2.79. The Kier molecular flexibility index (Phi) is 8.64. The van der Waals surface area contributed by atoms with Gasteiger partial charge in [0.25, 0.3) is 0 Å². The predicted molar refractivity (Wildman–Crippen MR) is 115 cm³/mol. The lowest BCUT2D eigenvalue weighted by Gasteiger charge is -2.13. The molecular weight excluding hydrogens is 398 g/mol. The van der Waals surface area contributed by atoms with Gasteiger partial charge in [0.15, 0.2) is 18.1 Å². The minimum Gasteiger partial charge on any atom is -0.490 e. The van der Waals surface area contributed by atoms with Crippen molar-refractivity contribution in [3.8, 4) is 23.3 Å². The van der Waals surface area contributed by atoms with Gasteiger partial charge in [0.05, 0.1) is 13.2 Å². The molecule has 2 aromatic rings. The molecule has 0 aliphatic heterocycles. The molecule has 7 nitrogen and oxygen atoms in total. The zero-order chi connectivity index (χ0) is 22.8. The summed E-state index contributed by atoms with van der Waals surface area (Å²) in [6.45, 7) is 7.49. The van der Waals surface area contributed by atoms with E-state index in [0.29, 0.717) is 23.7 Å². The van der Waals surface area contributed by atoms with Crippen molar-refractivity contribution < 1.29 is 28.5 Å². The molecule has 0 aliphatic rings. The first kappa shape index (κ1) is 23.5. The van der Waals surface area contributed by atoms with Gasteiger partial charge >= 0.3 is 11.9 Å². The molecule has 2 rings (SSSR count). The standard InChI is InChI=1S/C24H25NO6/c1-5-28-21-13-18(12-19(14-25)24(27)29-6-2)10-11-20(21)31-22(26)15-30-23-16(3)8-7-9-17(23)4/h7-13H,5-6,15H2,1-4H3/b19-12+. The van der Waals surface area contributed by atoms with Gasteiger partial charge in [-0.15, -0.1) is 0 Å². The van der Waals surface area contributed by atoms with Crippen LogP contribution in [-0.4, -0.2) is 31.8 Å². The van der Waals surface area contributed by atoms with Crippen LogP contribution in [0.4, 0.5) is 0 Å². The Bertz CT molecular complexity index is 999. The monoisotopic (exact) mass is 423 g/mol. The summed E-state index contributed by atoms with van der Waals surface area (Å²) in [6, 6.07) is 12.3. The number of hydrogen-bond donors (Lipinski definition) is 0. The predicted octanol–water partition coefficient (Wildman–Crippen LogP) is 4.16. The van der Waals surface area contributed by atoms with Crippen molar-refractivity contribution in [2.24, 2.45) is 0 Å². The molecule has 0 aliphatic carbocycles. The largest absolute Gasteiger partial charge is 0.490 e. The minimum atomic E-state index is -0.706. The molecule has 0 N–H and O–H groups in total. The number of para-hydroxylation sites is 1. The Morgan fingerprint density at radius 2 is 1.71 bits per heavy atom. The van der Waals surface area contributed by atoms with Crippen molar-refractivity contribution in [3.63, 3.8) is 0 Å². The van der Waals surface area contributed by atoms with E-state index in [-0.39, 0.29) is 24.5 Å². The lowest BCUT2D eigenvalue weighted by molar-refractivity contribution is -0.138. The second kappa shape index (κ2) is 11.4. The van der Waals surface area contributed by atoms with Crippen LogP contribution in [-0.2, 0) is 14.3 Å². The van der Waals surface area contributed by atoms with Crippen LogP contribution < -0.4 is 14.2 Å². The number of benzene rings is 2. The van der Waals surface area contributed by atoms with E-state index >= 15 is 0 Å². The summed E-state index contributed by atoms with van der Waals surface area (Å²) in [4.78, 5) is 24.1.